The lowest BCUT2D eigenvalue weighted by Crippen LogP contribution is -2.59. The molecule has 308 valence electrons. The normalized spacial score (nSPS) is 31.1. The molecule has 5 fully saturated rings. The van der Waals surface area contributed by atoms with E-state index in [0.717, 1.165) is 81.6 Å². The van der Waals surface area contributed by atoms with Crippen LogP contribution in [0.15, 0.2) is 36.9 Å². The van der Waals surface area contributed by atoms with Crippen LogP contribution in [-0.4, -0.2) is 90.9 Å². The first-order valence-corrected chi connectivity index (χ1v) is 22.5. The van der Waals surface area contributed by atoms with Gasteiger partial charge in [-0.25, -0.2) is 18.2 Å². The number of aromatic nitrogens is 1. The highest BCUT2D eigenvalue weighted by Crippen LogP contribution is 2.46. The number of carbonyl (C=O) groups excluding carboxylic acids is 4. The number of methoxy groups -OCH3 is 1. The number of hydrogen-bond acceptors (Lipinski definition) is 10. The quantitative estimate of drug-likeness (QED) is 0.313. The zero-order chi connectivity index (χ0) is 39.9. The number of rotatable bonds is 8. The summed E-state index contributed by atoms with van der Waals surface area (Å²) in [7, 11) is -2.26. The van der Waals surface area contributed by atoms with Gasteiger partial charge in [0.1, 0.15) is 35.6 Å². The van der Waals surface area contributed by atoms with Crippen LogP contribution >= 0.6 is 0 Å². The van der Waals surface area contributed by atoms with E-state index in [4.69, 9.17) is 19.2 Å². The van der Waals surface area contributed by atoms with Crippen LogP contribution in [0.25, 0.3) is 10.9 Å². The van der Waals surface area contributed by atoms with Crippen molar-refractivity contribution in [1.29, 1.82) is 0 Å². The van der Waals surface area contributed by atoms with Crippen molar-refractivity contribution in [3.8, 4) is 11.6 Å². The van der Waals surface area contributed by atoms with E-state index in [9.17, 15) is 27.6 Å². The van der Waals surface area contributed by atoms with E-state index in [0.29, 0.717) is 36.4 Å². The topological polar surface area (TPSA) is 182 Å². The first-order chi connectivity index (χ1) is 27.5. The number of pyridine rings is 1. The van der Waals surface area contributed by atoms with Crippen LogP contribution in [0.3, 0.4) is 0 Å². The molecule has 4 saturated carbocycles. The van der Waals surface area contributed by atoms with Crippen molar-refractivity contribution in [2.45, 2.75) is 138 Å². The monoisotopic (exact) mass is 805 g/mol. The van der Waals surface area contributed by atoms with Gasteiger partial charge in [-0.15, -0.1) is 6.58 Å². The van der Waals surface area contributed by atoms with Gasteiger partial charge in [-0.3, -0.25) is 19.1 Å². The third kappa shape index (κ3) is 8.05. The molecular formula is C42H55N5O9S. The number of nitrogens with zero attached hydrogens (tertiary/aromatic N) is 2. The van der Waals surface area contributed by atoms with Crippen LogP contribution in [0.5, 0.6) is 11.6 Å². The number of amides is 4. The number of alkyl carbamates (subject to hydrolysis) is 1. The fourth-order valence-electron chi connectivity index (χ4n) is 9.83. The van der Waals surface area contributed by atoms with Crippen molar-refractivity contribution >= 4 is 44.7 Å². The number of nitrogens with one attached hydrogen (secondary N) is 3. The van der Waals surface area contributed by atoms with E-state index in [1.54, 1.807) is 7.11 Å². The second-order valence-corrected chi connectivity index (χ2v) is 19.0. The highest BCUT2D eigenvalue weighted by Gasteiger charge is 2.62. The summed E-state index contributed by atoms with van der Waals surface area (Å²) in [6.45, 7) is 3.83. The van der Waals surface area contributed by atoms with E-state index in [-0.39, 0.29) is 37.3 Å². The Kier molecular flexibility index (Phi) is 11.1. The van der Waals surface area contributed by atoms with E-state index >= 15 is 0 Å². The van der Waals surface area contributed by atoms with Gasteiger partial charge in [0.2, 0.25) is 27.7 Å². The Morgan fingerprint density at radius 3 is 2.46 bits per heavy atom. The maximum Gasteiger partial charge on any atom is 0.408 e. The van der Waals surface area contributed by atoms with Crippen LogP contribution in [0, 0.1) is 17.8 Å². The third-order valence-electron chi connectivity index (χ3n) is 13.2. The molecule has 57 heavy (non-hydrogen) atoms. The first kappa shape index (κ1) is 39.4. The Morgan fingerprint density at radius 1 is 0.982 bits per heavy atom. The van der Waals surface area contributed by atoms with Crippen LogP contribution in [0.1, 0.15) is 102 Å². The van der Waals surface area contributed by atoms with Crippen molar-refractivity contribution < 1.29 is 41.8 Å². The molecule has 0 radical (unpaired) electrons. The first-order valence-electron chi connectivity index (χ1n) is 20.9. The predicted octanol–water partition coefficient (Wildman–Crippen LogP) is 4.83. The van der Waals surface area contributed by atoms with Crippen LogP contribution in [-0.2, 0) is 35.6 Å². The minimum Gasteiger partial charge on any atom is -0.496 e. The average molecular weight is 806 g/mol. The Hall–Kier alpha value is -4.40. The van der Waals surface area contributed by atoms with Gasteiger partial charge in [-0.2, -0.15) is 0 Å². The van der Waals surface area contributed by atoms with Gasteiger partial charge in [-0.05, 0) is 94.6 Å². The van der Waals surface area contributed by atoms with E-state index in [1.807, 2.05) is 24.3 Å². The minimum absolute atomic E-state index is 0.0119. The molecule has 0 unspecified atom stereocenters. The van der Waals surface area contributed by atoms with Crippen molar-refractivity contribution in [3.63, 3.8) is 0 Å². The summed E-state index contributed by atoms with van der Waals surface area (Å²) in [6, 6.07) is 5.65. The summed E-state index contributed by atoms with van der Waals surface area (Å²) in [5.41, 5.74) is -0.0306. The Morgan fingerprint density at radius 2 is 1.72 bits per heavy atom. The maximum atomic E-state index is 14.9. The number of hydrogen-bond donors (Lipinski definition) is 3. The Balaban J connectivity index is 1.14. The molecule has 2 aromatic rings. The Labute approximate surface area is 334 Å². The molecule has 3 N–H and O–H groups in total. The van der Waals surface area contributed by atoms with Gasteiger partial charge in [0.15, 0.2) is 0 Å². The molecule has 4 aliphatic carbocycles. The predicted molar refractivity (Wildman–Crippen MR) is 211 cm³/mol. The molecule has 15 heteroatoms. The molecule has 3 heterocycles. The van der Waals surface area contributed by atoms with Crippen molar-refractivity contribution in [2.24, 2.45) is 17.8 Å². The van der Waals surface area contributed by atoms with E-state index in [1.165, 1.54) is 11.0 Å². The van der Waals surface area contributed by atoms with E-state index < -0.39 is 68.7 Å². The molecule has 1 saturated heterocycles. The summed E-state index contributed by atoms with van der Waals surface area (Å²) in [4.78, 5) is 63.1. The third-order valence-corrected chi connectivity index (χ3v) is 15.1. The Bertz CT molecular complexity index is 2020. The largest absolute Gasteiger partial charge is 0.496 e. The summed E-state index contributed by atoms with van der Waals surface area (Å²) < 4.78 is 46.6. The second kappa shape index (κ2) is 16.1. The van der Waals surface area contributed by atoms with Crippen molar-refractivity contribution in [2.75, 3.05) is 13.7 Å². The zero-order valence-corrected chi connectivity index (χ0v) is 33.5. The van der Waals surface area contributed by atoms with Gasteiger partial charge < -0.3 is 29.7 Å². The smallest absolute Gasteiger partial charge is 0.408 e. The van der Waals surface area contributed by atoms with Crippen molar-refractivity contribution in [3.05, 3.63) is 42.5 Å². The number of sulfonamides is 1. The highest BCUT2D eigenvalue weighted by molar-refractivity contribution is 7.91. The highest BCUT2D eigenvalue weighted by atomic mass is 32.2. The number of benzene rings is 1. The molecule has 7 atom stereocenters. The maximum absolute atomic E-state index is 14.9. The SMILES string of the molecule is C=C[C@@H]1C[C@@]1(NC(=O)[C@@H]1C[C@@H]2CN1C(=O)[C@H](C1CCCC1)NC(=O)O[C@@H]1CCC[C@H]1CCCCCc1c(nc3ccccc3c1OC)O2)C(=O)NS(=O)(=O)C1CC1. The van der Waals surface area contributed by atoms with E-state index in [2.05, 4.69) is 21.9 Å². The summed E-state index contributed by atoms with van der Waals surface area (Å²) in [6.07, 6.45) is 11.5. The number of para-hydroxylation sites is 1. The lowest BCUT2D eigenvalue weighted by Gasteiger charge is -2.32. The fourth-order valence-corrected chi connectivity index (χ4v) is 11.2. The summed E-state index contributed by atoms with van der Waals surface area (Å²) in [5, 5.41) is 6.06. The lowest BCUT2D eigenvalue weighted by molar-refractivity contribution is -0.142. The van der Waals surface area contributed by atoms with Gasteiger partial charge >= 0.3 is 6.09 Å². The molecule has 4 amide bonds. The van der Waals surface area contributed by atoms with Crippen molar-refractivity contribution in [1.82, 2.24) is 25.2 Å². The van der Waals surface area contributed by atoms with Gasteiger partial charge in [0.05, 0.1) is 30.0 Å². The van der Waals surface area contributed by atoms with Gasteiger partial charge in [0, 0.05) is 17.7 Å². The molecule has 2 bridgehead atoms. The number of carbonyl (C=O) groups is 4. The van der Waals surface area contributed by atoms with Crippen LogP contribution in [0.2, 0.25) is 0 Å². The molecule has 2 aliphatic heterocycles. The molecular weight excluding hydrogens is 751 g/mol. The molecule has 14 nitrogen and oxygen atoms in total. The zero-order valence-electron chi connectivity index (χ0n) is 32.7. The number of fused-ring (bicyclic) bond motifs is 5. The molecule has 8 rings (SSSR count). The standard InChI is InChI=1S/C42H55N5O9S/c1-3-27-23-42(27,40(50)46-57(52,53)29-20-21-29)45-37(48)33-22-28-24-47(33)39(49)35(26-13-7-8-14-26)44-41(51)56-34-19-11-15-25(34)12-5-4-6-17-31-36(54-2)30-16-9-10-18-32(30)43-38(31)55-28/h3,9-10,16,18,25-29,33-35H,1,4-8,11-15,17,19-24H2,2H3,(H,44,51)(H,45,48)(H,46,50)/t25-,27-,28-,33+,34-,35+,42+/m1/s1. The van der Waals surface area contributed by atoms with Gasteiger partial charge in [-0.1, -0.05) is 43.9 Å². The van der Waals surface area contributed by atoms with Crippen LogP contribution < -0.4 is 24.8 Å². The minimum atomic E-state index is -3.90. The fraction of sp³-hybridized carbons (Fsp3) is 0.643. The second-order valence-electron chi connectivity index (χ2n) is 17.0. The summed E-state index contributed by atoms with van der Waals surface area (Å²) >= 11 is 0. The molecule has 6 aliphatic rings. The average Bonchev–Trinajstić information content (AvgIpc) is 3.98. The molecule has 1 aromatic heterocycles. The lowest BCUT2D eigenvalue weighted by atomic mass is 9.96. The molecule has 0 spiro atoms. The summed E-state index contributed by atoms with van der Waals surface area (Å²) in [5.74, 6) is -1.22. The van der Waals surface area contributed by atoms with Crippen LogP contribution in [0.4, 0.5) is 4.79 Å². The van der Waals surface area contributed by atoms with Gasteiger partial charge in [0.25, 0.3) is 5.91 Å². The molecule has 1 aromatic carbocycles. The number of ether oxygens (including phenoxy) is 3.